The van der Waals surface area contributed by atoms with Crippen LogP contribution in [0, 0.1) is 0 Å². The molecule has 0 bridgehead atoms. The van der Waals surface area contributed by atoms with Gasteiger partial charge in [0.2, 0.25) is 5.91 Å². The molecular formula is C29H30ClN3O5S. The van der Waals surface area contributed by atoms with Gasteiger partial charge in [0.05, 0.1) is 55.8 Å². The van der Waals surface area contributed by atoms with Crippen molar-refractivity contribution in [3.8, 4) is 45.5 Å². The van der Waals surface area contributed by atoms with E-state index in [0.29, 0.717) is 33.8 Å². The van der Waals surface area contributed by atoms with E-state index in [4.69, 9.17) is 35.5 Å². The number of hydrogen-bond donors (Lipinski definition) is 2. The normalized spacial score (nSPS) is 11.5. The number of nitrogens with one attached hydrogen (secondary N) is 2. The van der Waals surface area contributed by atoms with Gasteiger partial charge in [0, 0.05) is 17.2 Å². The number of nitrogens with zero attached hydrogens (tertiary/aromatic N) is 1. The first kappa shape index (κ1) is 28.2. The Morgan fingerprint density at radius 2 is 1.49 bits per heavy atom. The lowest BCUT2D eigenvalue weighted by molar-refractivity contribution is -0.115. The van der Waals surface area contributed by atoms with Crippen molar-refractivity contribution in [3.05, 3.63) is 65.7 Å². The number of methoxy groups -OCH3 is 4. The molecule has 0 spiro atoms. The summed E-state index contributed by atoms with van der Waals surface area (Å²) in [7, 11) is 6.31. The largest absolute Gasteiger partial charge is 0.497 e. The van der Waals surface area contributed by atoms with Crippen LogP contribution in [0.2, 0.25) is 5.02 Å². The van der Waals surface area contributed by atoms with E-state index in [2.05, 4.69) is 10.3 Å². The second-order valence-corrected chi connectivity index (χ2v) is 10.0. The van der Waals surface area contributed by atoms with Crippen LogP contribution in [0.3, 0.4) is 0 Å². The van der Waals surface area contributed by atoms with Crippen LogP contribution in [0.15, 0.2) is 65.8 Å². The number of rotatable bonds is 11. The summed E-state index contributed by atoms with van der Waals surface area (Å²) in [4.78, 5) is 21.6. The zero-order chi connectivity index (χ0) is 27.9. The van der Waals surface area contributed by atoms with Crippen molar-refractivity contribution in [3.63, 3.8) is 0 Å². The van der Waals surface area contributed by atoms with Crippen molar-refractivity contribution < 1.29 is 23.7 Å². The number of imidazole rings is 1. The standard InChI is InChI=1S/C29H30ClN3O5S/c1-6-25(28(34)31-22-15-21(30)23(37-4)16-24(22)38-5)39-29-32-26(17-7-11-19(35-2)12-8-17)27(33-29)18-9-13-20(36-3)14-10-18/h7-16,25H,6H2,1-5H3,(H,31,34)(H,32,33). The summed E-state index contributed by atoms with van der Waals surface area (Å²) >= 11 is 7.65. The number of aromatic amines is 1. The summed E-state index contributed by atoms with van der Waals surface area (Å²) in [5, 5.41) is 3.49. The van der Waals surface area contributed by atoms with E-state index in [-0.39, 0.29) is 5.91 Å². The lowest BCUT2D eigenvalue weighted by Gasteiger charge is -2.16. The van der Waals surface area contributed by atoms with Gasteiger partial charge in [-0.25, -0.2) is 4.98 Å². The molecule has 0 aliphatic heterocycles. The second-order valence-electron chi connectivity index (χ2n) is 8.41. The fourth-order valence-electron chi connectivity index (χ4n) is 3.96. The predicted octanol–water partition coefficient (Wildman–Crippen LogP) is 6.94. The maximum atomic E-state index is 13.3. The highest BCUT2D eigenvalue weighted by atomic mass is 35.5. The Labute approximate surface area is 237 Å². The number of ether oxygens (including phenoxy) is 4. The fraction of sp³-hybridized carbons (Fsp3) is 0.241. The number of halogens is 1. The number of aromatic nitrogens is 2. The number of carbonyl (C=O) groups excluding carboxylic acids is 1. The Morgan fingerprint density at radius 1 is 0.897 bits per heavy atom. The Balaban J connectivity index is 1.64. The van der Waals surface area contributed by atoms with E-state index in [1.54, 1.807) is 26.4 Å². The van der Waals surface area contributed by atoms with Crippen LogP contribution in [-0.2, 0) is 4.79 Å². The average molecular weight is 568 g/mol. The molecule has 1 unspecified atom stereocenters. The Kier molecular flexibility index (Phi) is 9.27. The molecule has 0 fully saturated rings. The summed E-state index contributed by atoms with van der Waals surface area (Å²) in [6.45, 7) is 1.95. The minimum Gasteiger partial charge on any atom is -0.497 e. The highest BCUT2D eigenvalue weighted by molar-refractivity contribution is 8.00. The molecule has 4 rings (SSSR count). The fourth-order valence-corrected chi connectivity index (χ4v) is 5.11. The number of amides is 1. The molecular weight excluding hydrogens is 538 g/mol. The molecule has 3 aromatic carbocycles. The molecule has 0 aliphatic rings. The van der Waals surface area contributed by atoms with E-state index in [0.717, 1.165) is 34.0 Å². The molecule has 1 heterocycles. The Morgan fingerprint density at radius 3 is 2.03 bits per heavy atom. The van der Waals surface area contributed by atoms with Gasteiger partial charge in [-0.15, -0.1) is 0 Å². The zero-order valence-corrected chi connectivity index (χ0v) is 23.9. The molecule has 1 aromatic heterocycles. The third-order valence-electron chi connectivity index (χ3n) is 6.07. The van der Waals surface area contributed by atoms with Crippen LogP contribution < -0.4 is 24.3 Å². The highest BCUT2D eigenvalue weighted by Gasteiger charge is 2.24. The molecule has 10 heteroatoms. The lowest BCUT2D eigenvalue weighted by Crippen LogP contribution is -2.25. The zero-order valence-electron chi connectivity index (χ0n) is 22.3. The monoisotopic (exact) mass is 567 g/mol. The third kappa shape index (κ3) is 6.43. The van der Waals surface area contributed by atoms with Crippen molar-refractivity contribution in [2.45, 2.75) is 23.8 Å². The van der Waals surface area contributed by atoms with Gasteiger partial charge in [0.15, 0.2) is 5.16 Å². The molecule has 8 nitrogen and oxygen atoms in total. The highest BCUT2D eigenvalue weighted by Crippen LogP contribution is 2.38. The maximum absolute atomic E-state index is 13.3. The number of benzene rings is 3. The topological polar surface area (TPSA) is 94.7 Å². The van der Waals surface area contributed by atoms with Gasteiger partial charge in [-0.05, 0) is 61.0 Å². The SMILES string of the molecule is CCC(Sc1nc(-c2ccc(OC)cc2)c(-c2ccc(OC)cc2)[nH]1)C(=O)Nc1cc(Cl)c(OC)cc1OC. The molecule has 0 saturated carbocycles. The number of H-pyrrole nitrogens is 1. The molecule has 1 amide bonds. The van der Waals surface area contributed by atoms with E-state index >= 15 is 0 Å². The van der Waals surface area contributed by atoms with Gasteiger partial charge in [0.25, 0.3) is 0 Å². The molecule has 39 heavy (non-hydrogen) atoms. The Bertz CT molecular complexity index is 1360. The van der Waals surface area contributed by atoms with Crippen molar-refractivity contribution in [2.24, 2.45) is 0 Å². The second kappa shape index (κ2) is 12.8. The minimum absolute atomic E-state index is 0.199. The quantitative estimate of drug-likeness (QED) is 0.189. The van der Waals surface area contributed by atoms with Crippen LogP contribution in [-0.4, -0.2) is 49.6 Å². The van der Waals surface area contributed by atoms with E-state index < -0.39 is 5.25 Å². The van der Waals surface area contributed by atoms with Gasteiger partial charge in [-0.2, -0.15) is 0 Å². The van der Waals surface area contributed by atoms with Gasteiger partial charge in [-0.1, -0.05) is 30.3 Å². The summed E-state index contributed by atoms with van der Waals surface area (Å²) in [5.41, 5.74) is 3.92. The summed E-state index contributed by atoms with van der Waals surface area (Å²) in [5.74, 6) is 2.23. The molecule has 4 aromatic rings. The molecule has 0 radical (unpaired) electrons. The number of carbonyl (C=O) groups is 1. The van der Waals surface area contributed by atoms with Crippen LogP contribution in [0.1, 0.15) is 13.3 Å². The summed E-state index contributed by atoms with van der Waals surface area (Å²) in [6, 6.07) is 18.7. The first-order valence-electron chi connectivity index (χ1n) is 12.2. The molecule has 0 aliphatic carbocycles. The summed E-state index contributed by atoms with van der Waals surface area (Å²) < 4.78 is 21.3. The predicted molar refractivity (Wildman–Crippen MR) is 156 cm³/mol. The molecule has 1 atom stereocenters. The van der Waals surface area contributed by atoms with Crippen LogP contribution in [0.25, 0.3) is 22.5 Å². The van der Waals surface area contributed by atoms with Gasteiger partial charge >= 0.3 is 0 Å². The lowest BCUT2D eigenvalue weighted by atomic mass is 10.0. The number of thioether (sulfide) groups is 1. The van der Waals surface area contributed by atoms with Crippen LogP contribution >= 0.6 is 23.4 Å². The van der Waals surface area contributed by atoms with Gasteiger partial charge in [-0.3, -0.25) is 4.79 Å². The maximum Gasteiger partial charge on any atom is 0.238 e. The van der Waals surface area contributed by atoms with Crippen molar-refractivity contribution >= 4 is 35.0 Å². The smallest absolute Gasteiger partial charge is 0.238 e. The van der Waals surface area contributed by atoms with E-state index in [1.807, 2.05) is 55.5 Å². The summed E-state index contributed by atoms with van der Waals surface area (Å²) in [6.07, 6.45) is 0.569. The Hall–Kier alpha value is -3.82. The molecule has 204 valence electrons. The third-order valence-corrected chi connectivity index (χ3v) is 7.62. The van der Waals surface area contributed by atoms with Crippen molar-refractivity contribution in [1.29, 1.82) is 0 Å². The van der Waals surface area contributed by atoms with E-state index in [9.17, 15) is 4.79 Å². The number of anilines is 1. The first-order valence-corrected chi connectivity index (χ1v) is 13.4. The van der Waals surface area contributed by atoms with E-state index in [1.165, 1.54) is 26.0 Å². The molecule has 0 saturated heterocycles. The number of hydrogen-bond acceptors (Lipinski definition) is 7. The van der Waals surface area contributed by atoms with Gasteiger partial charge < -0.3 is 29.2 Å². The van der Waals surface area contributed by atoms with Crippen LogP contribution in [0.5, 0.6) is 23.0 Å². The van der Waals surface area contributed by atoms with Crippen LogP contribution in [0.4, 0.5) is 5.69 Å². The minimum atomic E-state index is -0.436. The average Bonchev–Trinajstić information content (AvgIpc) is 3.40. The van der Waals surface area contributed by atoms with Gasteiger partial charge in [0.1, 0.15) is 23.0 Å². The van der Waals surface area contributed by atoms with Crippen molar-refractivity contribution in [1.82, 2.24) is 9.97 Å². The first-order chi connectivity index (χ1) is 18.9. The van der Waals surface area contributed by atoms with Crippen molar-refractivity contribution in [2.75, 3.05) is 33.8 Å². The molecule has 2 N–H and O–H groups in total.